The zero-order chi connectivity index (χ0) is 17.4. The van der Waals surface area contributed by atoms with Crippen LogP contribution in [-0.2, 0) is 11.8 Å². The number of likely N-dealkylation sites (tertiary alicyclic amines) is 1. The van der Waals surface area contributed by atoms with E-state index in [-0.39, 0.29) is 30.3 Å². The number of phenolic OH excluding ortho intramolecular Hbond substituents is 1. The SMILES string of the molecule is C=C1CCC2(O)C3Cc4ccc(O)c5c4C2(CCN3C#CCC)C1O5.Cl. The first-order valence-electron chi connectivity index (χ1n) is 9.20. The Morgan fingerprint density at radius 2 is 2.19 bits per heavy atom. The summed E-state index contributed by atoms with van der Waals surface area (Å²) in [5.41, 5.74) is 1.83. The van der Waals surface area contributed by atoms with Crippen LogP contribution in [0.1, 0.15) is 43.7 Å². The lowest BCUT2D eigenvalue weighted by Crippen LogP contribution is -2.74. The molecule has 1 saturated heterocycles. The number of rotatable bonds is 0. The topological polar surface area (TPSA) is 52.9 Å². The van der Waals surface area contributed by atoms with E-state index in [1.54, 1.807) is 6.07 Å². The molecule has 1 aromatic rings. The molecule has 138 valence electrons. The van der Waals surface area contributed by atoms with Crippen LogP contribution in [0.2, 0.25) is 0 Å². The van der Waals surface area contributed by atoms with Gasteiger partial charge in [0.05, 0.1) is 11.5 Å². The summed E-state index contributed by atoms with van der Waals surface area (Å²) in [5, 5.41) is 22.4. The normalized spacial score (nSPS) is 35.6. The Morgan fingerprint density at radius 1 is 1.38 bits per heavy atom. The third-order valence-electron chi connectivity index (χ3n) is 6.81. The minimum atomic E-state index is -0.897. The van der Waals surface area contributed by atoms with Gasteiger partial charge in [-0.3, -0.25) is 0 Å². The minimum absolute atomic E-state index is 0. The van der Waals surface area contributed by atoms with Crippen LogP contribution < -0.4 is 4.74 Å². The molecule has 4 atom stereocenters. The van der Waals surface area contributed by atoms with Crippen molar-refractivity contribution < 1.29 is 14.9 Å². The van der Waals surface area contributed by atoms with Crippen LogP contribution >= 0.6 is 12.4 Å². The van der Waals surface area contributed by atoms with Gasteiger partial charge in [0.15, 0.2) is 11.5 Å². The molecule has 1 aromatic carbocycles. The van der Waals surface area contributed by atoms with Gasteiger partial charge in [-0.1, -0.05) is 25.5 Å². The molecule has 2 bridgehead atoms. The number of piperidine rings is 1. The third kappa shape index (κ3) is 1.81. The average Bonchev–Trinajstić information content (AvgIpc) is 2.95. The van der Waals surface area contributed by atoms with Crippen molar-refractivity contribution in [3.05, 3.63) is 35.4 Å². The molecule has 2 fully saturated rings. The van der Waals surface area contributed by atoms with E-state index >= 15 is 0 Å². The maximum Gasteiger partial charge on any atom is 0.166 e. The van der Waals surface area contributed by atoms with E-state index in [1.807, 2.05) is 13.0 Å². The van der Waals surface area contributed by atoms with Gasteiger partial charge in [0.2, 0.25) is 0 Å². The van der Waals surface area contributed by atoms with Crippen molar-refractivity contribution in [1.82, 2.24) is 4.90 Å². The molecule has 2 N–H and O–H groups in total. The van der Waals surface area contributed by atoms with E-state index in [0.717, 1.165) is 43.4 Å². The molecule has 4 unspecified atom stereocenters. The zero-order valence-corrected chi connectivity index (χ0v) is 15.7. The molecule has 5 heteroatoms. The Labute approximate surface area is 160 Å². The van der Waals surface area contributed by atoms with E-state index in [4.69, 9.17) is 4.74 Å². The standard InChI is InChI=1S/C21H23NO3.ClH/c1-3-4-10-22-11-9-20-17-14-5-6-15(23)18(17)25-19(20)13(2)7-8-21(20,24)16(22)12-14;/h5-6,16,19,23-24H,2-3,7-9,11-12H2,1H3;1H. The van der Waals surface area contributed by atoms with Crippen LogP contribution in [0.25, 0.3) is 0 Å². The fourth-order valence-electron chi connectivity index (χ4n) is 5.77. The Hall–Kier alpha value is -1.83. The molecule has 26 heavy (non-hydrogen) atoms. The highest BCUT2D eigenvalue weighted by molar-refractivity contribution is 5.85. The fraction of sp³-hybridized carbons (Fsp3) is 0.524. The second-order valence-corrected chi connectivity index (χ2v) is 7.81. The molecular weight excluding hydrogens is 350 g/mol. The van der Waals surface area contributed by atoms with Crippen LogP contribution in [0.15, 0.2) is 24.3 Å². The minimum Gasteiger partial charge on any atom is -0.504 e. The Bertz CT molecular complexity index is 857. The molecular formula is C21H24ClNO3. The van der Waals surface area contributed by atoms with E-state index in [0.29, 0.717) is 12.2 Å². The number of hydrogen-bond acceptors (Lipinski definition) is 4. The molecule has 0 aromatic heterocycles. The van der Waals surface area contributed by atoms with Crippen molar-refractivity contribution in [3.8, 4) is 23.5 Å². The highest BCUT2D eigenvalue weighted by Gasteiger charge is 2.71. The van der Waals surface area contributed by atoms with Gasteiger partial charge in [-0.15, -0.1) is 12.4 Å². The first kappa shape index (κ1) is 17.6. The van der Waals surface area contributed by atoms with Crippen LogP contribution in [0, 0.1) is 12.0 Å². The maximum absolute atomic E-state index is 12.0. The zero-order valence-electron chi connectivity index (χ0n) is 14.9. The molecule has 2 aliphatic carbocycles. The summed E-state index contributed by atoms with van der Waals surface area (Å²) in [4.78, 5) is 2.15. The lowest BCUT2D eigenvalue weighted by atomic mass is 9.48. The number of ether oxygens (including phenoxy) is 1. The van der Waals surface area contributed by atoms with E-state index in [2.05, 4.69) is 23.4 Å². The third-order valence-corrected chi connectivity index (χ3v) is 6.81. The summed E-state index contributed by atoms with van der Waals surface area (Å²) in [7, 11) is 0. The molecule has 2 aliphatic heterocycles. The van der Waals surface area contributed by atoms with Crippen molar-refractivity contribution in [2.24, 2.45) is 0 Å². The second kappa shape index (κ2) is 5.58. The highest BCUT2D eigenvalue weighted by Crippen LogP contribution is 2.66. The smallest absolute Gasteiger partial charge is 0.166 e. The fourth-order valence-corrected chi connectivity index (χ4v) is 5.77. The lowest BCUT2D eigenvalue weighted by Gasteiger charge is -2.62. The predicted molar refractivity (Wildman–Crippen MR) is 102 cm³/mol. The largest absolute Gasteiger partial charge is 0.504 e. The number of halogens is 1. The summed E-state index contributed by atoms with van der Waals surface area (Å²) >= 11 is 0. The van der Waals surface area contributed by atoms with Crippen LogP contribution in [0.3, 0.4) is 0 Å². The van der Waals surface area contributed by atoms with Gasteiger partial charge in [-0.05, 0) is 42.9 Å². The number of phenols is 1. The van der Waals surface area contributed by atoms with Crippen molar-refractivity contribution in [2.75, 3.05) is 6.54 Å². The number of hydrogen-bond donors (Lipinski definition) is 2. The number of nitrogens with zero attached hydrogens (tertiary/aromatic N) is 1. The number of aliphatic hydroxyl groups is 1. The molecule has 0 amide bonds. The van der Waals surface area contributed by atoms with Gasteiger partial charge < -0.3 is 19.8 Å². The van der Waals surface area contributed by atoms with Crippen LogP contribution in [-0.4, -0.2) is 39.4 Å². The Balaban J connectivity index is 0.00000168. The summed E-state index contributed by atoms with van der Waals surface area (Å²) in [5.74, 6) is 3.91. The van der Waals surface area contributed by atoms with E-state index in [9.17, 15) is 10.2 Å². The Morgan fingerprint density at radius 3 is 2.96 bits per heavy atom. The van der Waals surface area contributed by atoms with Gasteiger partial charge in [0.1, 0.15) is 11.7 Å². The molecule has 1 spiro atoms. The number of aromatic hydroxyl groups is 1. The number of benzene rings is 1. The van der Waals surface area contributed by atoms with Gasteiger partial charge in [0, 0.05) is 24.6 Å². The maximum atomic E-state index is 12.0. The molecule has 4 nitrogen and oxygen atoms in total. The first-order chi connectivity index (χ1) is 12.0. The monoisotopic (exact) mass is 373 g/mol. The van der Waals surface area contributed by atoms with Crippen molar-refractivity contribution in [1.29, 1.82) is 0 Å². The van der Waals surface area contributed by atoms with E-state index in [1.165, 1.54) is 5.56 Å². The molecule has 5 rings (SSSR count). The van der Waals surface area contributed by atoms with Crippen molar-refractivity contribution in [3.63, 3.8) is 0 Å². The van der Waals surface area contributed by atoms with E-state index < -0.39 is 11.0 Å². The molecule has 0 radical (unpaired) electrons. The van der Waals surface area contributed by atoms with Crippen LogP contribution in [0.5, 0.6) is 11.5 Å². The molecule has 4 aliphatic rings. The average molecular weight is 374 g/mol. The van der Waals surface area contributed by atoms with Crippen LogP contribution in [0.4, 0.5) is 0 Å². The second-order valence-electron chi connectivity index (χ2n) is 7.81. The summed E-state index contributed by atoms with van der Waals surface area (Å²) in [6, 6.07) is 6.94. The summed E-state index contributed by atoms with van der Waals surface area (Å²) in [6.45, 7) is 7.09. The van der Waals surface area contributed by atoms with Crippen molar-refractivity contribution >= 4 is 12.4 Å². The Kier molecular flexibility index (Phi) is 3.77. The summed E-state index contributed by atoms with van der Waals surface area (Å²) in [6.07, 6.45) is 3.49. The first-order valence-corrected chi connectivity index (χ1v) is 9.20. The summed E-state index contributed by atoms with van der Waals surface area (Å²) < 4.78 is 6.24. The van der Waals surface area contributed by atoms with Gasteiger partial charge in [-0.2, -0.15) is 0 Å². The van der Waals surface area contributed by atoms with Gasteiger partial charge in [-0.25, -0.2) is 0 Å². The quantitative estimate of drug-likeness (QED) is 0.542. The van der Waals surface area contributed by atoms with Crippen molar-refractivity contribution in [2.45, 2.75) is 62.2 Å². The lowest BCUT2D eigenvalue weighted by molar-refractivity contribution is -0.162. The predicted octanol–water partition coefficient (Wildman–Crippen LogP) is 2.90. The molecule has 1 saturated carbocycles. The van der Waals surface area contributed by atoms with Gasteiger partial charge in [0.25, 0.3) is 0 Å². The van der Waals surface area contributed by atoms with Gasteiger partial charge >= 0.3 is 0 Å². The highest BCUT2D eigenvalue weighted by atomic mass is 35.5. The molecule has 2 heterocycles.